The number of carbonyl (C=O) groups excluding carboxylic acids is 2. The van der Waals surface area contributed by atoms with E-state index in [1.165, 1.54) is 0 Å². The van der Waals surface area contributed by atoms with Crippen molar-refractivity contribution in [2.75, 3.05) is 18.0 Å². The van der Waals surface area contributed by atoms with Crippen LogP contribution in [0, 0.1) is 25.7 Å². The molecule has 3 rings (SSSR count). The van der Waals surface area contributed by atoms with Crippen molar-refractivity contribution in [1.82, 2.24) is 4.90 Å². The summed E-state index contributed by atoms with van der Waals surface area (Å²) in [5, 5.41) is 9.28. The lowest BCUT2D eigenvalue weighted by Crippen LogP contribution is -2.49. The van der Waals surface area contributed by atoms with Crippen molar-refractivity contribution in [3.63, 3.8) is 0 Å². The second kappa shape index (κ2) is 7.09. The monoisotopic (exact) mass is 358 g/mol. The topological polar surface area (TPSA) is 77.9 Å². The molecule has 0 radical (unpaired) electrons. The van der Waals surface area contributed by atoms with Gasteiger partial charge in [-0.1, -0.05) is 12.1 Å². The molecule has 0 aliphatic carbocycles. The standard InChI is InChI=1S/C20H26N2O4/c1-12-5-4-6-17(14(12)3)22-11-16(9-18(22)23)19(24)21-10-15(20(25)26)8-7-13(21)2/h4-6,13,15-16H,7-11H2,1-3H3,(H,25,26). The van der Waals surface area contributed by atoms with Gasteiger partial charge in [-0.05, 0) is 50.8 Å². The van der Waals surface area contributed by atoms with Crippen molar-refractivity contribution < 1.29 is 19.5 Å². The quantitative estimate of drug-likeness (QED) is 0.900. The number of rotatable bonds is 3. The highest BCUT2D eigenvalue weighted by molar-refractivity contribution is 6.01. The Hall–Kier alpha value is -2.37. The van der Waals surface area contributed by atoms with E-state index in [4.69, 9.17) is 0 Å². The van der Waals surface area contributed by atoms with Gasteiger partial charge in [0.1, 0.15) is 0 Å². The SMILES string of the molecule is Cc1cccc(N2CC(C(=O)N3CC(C(=O)O)CCC3C)CC2=O)c1C. The summed E-state index contributed by atoms with van der Waals surface area (Å²) < 4.78 is 0. The molecule has 0 saturated carbocycles. The van der Waals surface area contributed by atoms with Gasteiger partial charge in [0, 0.05) is 31.2 Å². The van der Waals surface area contributed by atoms with Gasteiger partial charge in [-0.3, -0.25) is 14.4 Å². The van der Waals surface area contributed by atoms with E-state index >= 15 is 0 Å². The van der Waals surface area contributed by atoms with Gasteiger partial charge in [0.05, 0.1) is 11.8 Å². The number of nitrogens with zero attached hydrogens (tertiary/aromatic N) is 2. The Bertz CT molecular complexity index is 745. The van der Waals surface area contributed by atoms with Gasteiger partial charge in [-0.15, -0.1) is 0 Å². The zero-order valence-electron chi connectivity index (χ0n) is 15.6. The van der Waals surface area contributed by atoms with Crippen molar-refractivity contribution >= 4 is 23.5 Å². The predicted molar refractivity (Wildman–Crippen MR) is 97.9 cm³/mol. The fraction of sp³-hybridized carbons (Fsp3) is 0.550. The van der Waals surface area contributed by atoms with Gasteiger partial charge < -0.3 is 14.9 Å². The number of aliphatic carboxylic acids is 1. The van der Waals surface area contributed by atoms with Gasteiger partial charge in [-0.2, -0.15) is 0 Å². The lowest BCUT2D eigenvalue weighted by molar-refractivity contribution is -0.148. The molecular formula is C20H26N2O4. The molecule has 2 heterocycles. The zero-order chi connectivity index (χ0) is 19.0. The number of likely N-dealkylation sites (tertiary alicyclic amines) is 1. The van der Waals surface area contributed by atoms with Crippen LogP contribution in [0.25, 0.3) is 0 Å². The maximum Gasteiger partial charge on any atom is 0.308 e. The van der Waals surface area contributed by atoms with Crippen LogP contribution in [0.5, 0.6) is 0 Å². The first-order chi connectivity index (χ1) is 12.3. The maximum atomic E-state index is 13.0. The van der Waals surface area contributed by atoms with Crippen molar-refractivity contribution in [3.8, 4) is 0 Å². The number of carbonyl (C=O) groups is 3. The minimum atomic E-state index is -0.853. The first-order valence-corrected chi connectivity index (χ1v) is 9.19. The Morgan fingerprint density at radius 2 is 1.85 bits per heavy atom. The van der Waals surface area contributed by atoms with Crippen LogP contribution in [-0.4, -0.2) is 46.9 Å². The van der Waals surface area contributed by atoms with Crippen molar-refractivity contribution in [1.29, 1.82) is 0 Å². The Balaban J connectivity index is 1.76. The highest BCUT2D eigenvalue weighted by atomic mass is 16.4. The largest absolute Gasteiger partial charge is 0.481 e. The van der Waals surface area contributed by atoms with E-state index in [0.717, 1.165) is 16.8 Å². The van der Waals surface area contributed by atoms with Crippen LogP contribution in [0.3, 0.4) is 0 Å². The molecule has 26 heavy (non-hydrogen) atoms. The molecular weight excluding hydrogens is 332 g/mol. The Morgan fingerprint density at radius 1 is 1.12 bits per heavy atom. The van der Waals surface area contributed by atoms with Gasteiger partial charge in [0.2, 0.25) is 11.8 Å². The summed E-state index contributed by atoms with van der Waals surface area (Å²) >= 11 is 0. The number of carboxylic acids is 1. The first kappa shape index (κ1) is 18.4. The summed E-state index contributed by atoms with van der Waals surface area (Å²) in [4.78, 5) is 40.2. The van der Waals surface area contributed by atoms with Crippen molar-refractivity contribution in [2.45, 2.75) is 46.1 Å². The third kappa shape index (κ3) is 3.32. The molecule has 1 aromatic rings. The highest BCUT2D eigenvalue weighted by Crippen LogP contribution is 2.32. The zero-order valence-corrected chi connectivity index (χ0v) is 15.6. The van der Waals surface area contributed by atoms with E-state index in [2.05, 4.69) is 0 Å². The molecule has 1 aromatic carbocycles. The molecule has 3 atom stereocenters. The second-order valence-electron chi connectivity index (χ2n) is 7.58. The number of benzene rings is 1. The summed E-state index contributed by atoms with van der Waals surface area (Å²) in [6.07, 6.45) is 1.47. The molecule has 2 aliphatic rings. The van der Waals surface area contributed by atoms with Crippen LogP contribution in [-0.2, 0) is 14.4 Å². The van der Waals surface area contributed by atoms with Crippen LogP contribution in [0.4, 0.5) is 5.69 Å². The molecule has 6 nitrogen and oxygen atoms in total. The number of amides is 2. The molecule has 2 amide bonds. The summed E-state index contributed by atoms with van der Waals surface area (Å²) in [5.74, 6) is -1.91. The molecule has 2 saturated heterocycles. The molecule has 6 heteroatoms. The van der Waals surface area contributed by atoms with E-state index in [0.29, 0.717) is 19.4 Å². The molecule has 0 bridgehead atoms. The molecule has 2 fully saturated rings. The van der Waals surface area contributed by atoms with E-state index in [9.17, 15) is 19.5 Å². The average Bonchev–Trinajstić information content (AvgIpc) is 2.98. The predicted octanol–water partition coefficient (Wildman–Crippen LogP) is 2.37. The van der Waals surface area contributed by atoms with E-state index in [-0.39, 0.29) is 30.8 Å². The van der Waals surface area contributed by atoms with E-state index < -0.39 is 17.8 Å². The lowest BCUT2D eigenvalue weighted by atomic mass is 9.92. The molecule has 0 spiro atoms. The van der Waals surface area contributed by atoms with Gasteiger partial charge >= 0.3 is 5.97 Å². The maximum absolute atomic E-state index is 13.0. The van der Waals surface area contributed by atoms with Gasteiger partial charge in [-0.25, -0.2) is 0 Å². The van der Waals surface area contributed by atoms with Crippen LogP contribution in [0.1, 0.15) is 37.3 Å². The smallest absolute Gasteiger partial charge is 0.308 e. The molecule has 2 aliphatic heterocycles. The number of hydrogen-bond acceptors (Lipinski definition) is 3. The summed E-state index contributed by atoms with van der Waals surface area (Å²) in [5.41, 5.74) is 3.02. The van der Waals surface area contributed by atoms with Crippen molar-refractivity contribution in [2.24, 2.45) is 11.8 Å². The third-order valence-corrected chi connectivity index (χ3v) is 5.86. The number of hydrogen-bond donors (Lipinski definition) is 1. The van der Waals surface area contributed by atoms with Crippen LogP contribution in [0.15, 0.2) is 18.2 Å². The van der Waals surface area contributed by atoms with Crippen LogP contribution >= 0.6 is 0 Å². The molecule has 0 aromatic heterocycles. The number of piperidine rings is 1. The minimum Gasteiger partial charge on any atom is -0.481 e. The summed E-state index contributed by atoms with van der Waals surface area (Å²) in [7, 11) is 0. The summed E-state index contributed by atoms with van der Waals surface area (Å²) in [6.45, 7) is 6.54. The Kier molecular flexibility index (Phi) is 5.03. The van der Waals surface area contributed by atoms with Crippen molar-refractivity contribution in [3.05, 3.63) is 29.3 Å². The number of carboxylic acid groups (broad SMARTS) is 1. The minimum absolute atomic E-state index is 0.0166. The normalized spacial score (nSPS) is 26.3. The van der Waals surface area contributed by atoms with Gasteiger partial charge in [0.15, 0.2) is 0 Å². The molecule has 1 N–H and O–H groups in total. The van der Waals surface area contributed by atoms with E-state index in [1.54, 1.807) is 9.80 Å². The van der Waals surface area contributed by atoms with E-state index in [1.807, 2.05) is 39.0 Å². The van der Waals surface area contributed by atoms with Crippen LogP contribution in [0.2, 0.25) is 0 Å². The molecule has 3 unspecified atom stereocenters. The molecule has 140 valence electrons. The number of anilines is 1. The fourth-order valence-electron chi connectivity index (χ4n) is 3.98. The van der Waals surface area contributed by atoms with Gasteiger partial charge in [0.25, 0.3) is 0 Å². The van der Waals surface area contributed by atoms with Crippen LogP contribution < -0.4 is 4.90 Å². The fourth-order valence-corrected chi connectivity index (χ4v) is 3.98. The average molecular weight is 358 g/mol. The Morgan fingerprint density at radius 3 is 2.54 bits per heavy atom. The number of aryl methyl sites for hydroxylation is 1. The second-order valence-corrected chi connectivity index (χ2v) is 7.58. The summed E-state index contributed by atoms with van der Waals surface area (Å²) in [6, 6.07) is 5.85. The lowest BCUT2D eigenvalue weighted by Gasteiger charge is -2.37. The Labute approximate surface area is 153 Å². The first-order valence-electron chi connectivity index (χ1n) is 9.19. The third-order valence-electron chi connectivity index (χ3n) is 5.86. The highest BCUT2D eigenvalue weighted by Gasteiger charge is 2.41.